The third-order valence-electron chi connectivity index (χ3n) is 4.19. The standard InChI is InChI=1S/C16H30N6OS/c1-13(2)9-17-15(23)10-19-5-7-20(8-6-19)12-22-16(24)21(11-18-22)14(3)4/h11,13-14H,5-10,12H2,1-4H3,(H,17,23). The number of hydrogen-bond acceptors (Lipinski definition) is 5. The molecule has 1 aromatic rings. The van der Waals surface area contributed by atoms with Gasteiger partial charge in [0.15, 0.2) is 4.77 Å². The molecule has 1 amide bonds. The van der Waals surface area contributed by atoms with Crippen LogP contribution in [0.25, 0.3) is 0 Å². The minimum Gasteiger partial charge on any atom is -0.355 e. The molecule has 0 bridgehead atoms. The van der Waals surface area contributed by atoms with E-state index in [1.54, 1.807) is 0 Å². The zero-order chi connectivity index (χ0) is 17.7. The molecule has 1 aliphatic rings. The van der Waals surface area contributed by atoms with Crippen LogP contribution in [0.3, 0.4) is 0 Å². The van der Waals surface area contributed by atoms with Crippen LogP contribution in [-0.4, -0.2) is 69.3 Å². The van der Waals surface area contributed by atoms with Crippen molar-refractivity contribution in [2.45, 2.75) is 40.4 Å². The van der Waals surface area contributed by atoms with E-state index in [4.69, 9.17) is 12.2 Å². The lowest BCUT2D eigenvalue weighted by Crippen LogP contribution is -2.50. The Morgan fingerprint density at radius 1 is 1.21 bits per heavy atom. The number of nitrogens with zero attached hydrogens (tertiary/aromatic N) is 5. The van der Waals surface area contributed by atoms with E-state index in [2.05, 4.69) is 47.9 Å². The first-order chi connectivity index (χ1) is 11.4. The van der Waals surface area contributed by atoms with Crippen LogP contribution in [0.2, 0.25) is 0 Å². The molecule has 1 saturated heterocycles. The third-order valence-corrected chi connectivity index (χ3v) is 4.61. The zero-order valence-electron chi connectivity index (χ0n) is 15.2. The summed E-state index contributed by atoms with van der Waals surface area (Å²) in [7, 11) is 0. The highest BCUT2D eigenvalue weighted by Gasteiger charge is 2.19. The number of aromatic nitrogens is 3. The number of rotatable bonds is 7. The Morgan fingerprint density at radius 3 is 2.38 bits per heavy atom. The highest BCUT2D eigenvalue weighted by atomic mass is 32.1. The maximum Gasteiger partial charge on any atom is 0.234 e. The Labute approximate surface area is 149 Å². The Kier molecular flexibility index (Phi) is 6.94. The number of nitrogens with one attached hydrogen (secondary N) is 1. The first-order valence-electron chi connectivity index (χ1n) is 8.72. The second kappa shape index (κ2) is 8.73. The summed E-state index contributed by atoms with van der Waals surface area (Å²) in [6, 6.07) is 0.326. The smallest absolute Gasteiger partial charge is 0.234 e. The molecule has 1 aliphatic heterocycles. The summed E-state index contributed by atoms with van der Waals surface area (Å²) in [4.78, 5) is 16.4. The van der Waals surface area contributed by atoms with E-state index in [-0.39, 0.29) is 5.91 Å². The quantitative estimate of drug-likeness (QED) is 0.749. The predicted molar refractivity (Wildman–Crippen MR) is 97.3 cm³/mol. The van der Waals surface area contributed by atoms with Crippen molar-refractivity contribution in [2.24, 2.45) is 5.92 Å². The van der Waals surface area contributed by atoms with E-state index >= 15 is 0 Å². The Hall–Kier alpha value is -1.25. The van der Waals surface area contributed by atoms with E-state index < -0.39 is 0 Å². The molecule has 1 N–H and O–H groups in total. The Balaban J connectivity index is 1.77. The summed E-state index contributed by atoms with van der Waals surface area (Å²) >= 11 is 5.47. The lowest BCUT2D eigenvalue weighted by Gasteiger charge is -2.34. The van der Waals surface area contributed by atoms with Gasteiger partial charge in [0, 0.05) is 38.8 Å². The average Bonchev–Trinajstić information content (AvgIpc) is 2.88. The van der Waals surface area contributed by atoms with Crippen LogP contribution in [0.1, 0.15) is 33.7 Å². The molecular formula is C16H30N6OS. The fourth-order valence-corrected chi connectivity index (χ4v) is 3.02. The van der Waals surface area contributed by atoms with Gasteiger partial charge in [-0.25, -0.2) is 4.68 Å². The summed E-state index contributed by atoms with van der Waals surface area (Å²) in [6.45, 7) is 14.0. The van der Waals surface area contributed by atoms with Gasteiger partial charge in [0.1, 0.15) is 6.33 Å². The molecule has 0 aliphatic carbocycles. The molecule has 0 unspecified atom stereocenters. The second-order valence-corrected chi connectivity index (χ2v) is 7.51. The molecule has 1 aromatic heterocycles. The maximum atomic E-state index is 11.9. The molecule has 1 fully saturated rings. The fourth-order valence-electron chi connectivity index (χ4n) is 2.66. The average molecular weight is 355 g/mol. The Bertz CT molecular complexity index is 586. The minimum atomic E-state index is 0.120. The number of carbonyl (C=O) groups is 1. The largest absolute Gasteiger partial charge is 0.355 e. The van der Waals surface area contributed by atoms with Crippen molar-refractivity contribution in [3.8, 4) is 0 Å². The van der Waals surface area contributed by atoms with E-state index in [1.807, 2.05) is 15.6 Å². The van der Waals surface area contributed by atoms with Crippen LogP contribution in [0, 0.1) is 10.7 Å². The number of amides is 1. The monoisotopic (exact) mass is 354 g/mol. The van der Waals surface area contributed by atoms with Crippen molar-refractivity contribution < 1.29 is 4.79 Å². The number of piperazine rings is 1. The van der Waals surface area contributed by atoms with Crippen molar-refractivity contribution in [3.63, 3.8) is 0 Å². The van der Waals surface area contributed by atoms with Gasteiger partial charge in [0.25, 0.3) is 0 Å². The summed E-state index contributed by atoms with van der Waals surface area (Å²) in [5, 5.41) is 7.37. The lowest BCUT2D eigenvalue weighted by atomic mass is 10.2. The van der Waals surface area contributed by atoms with Gasteiger partial charge in [-0.1, -0.05) is 13.8 Å². The van der Waals surface area contributed by atoms with Gasteiger partial charge >= 0.3 is 0 Å². The number of hydrogen-bond donors (Lipinski definition) is 1. The number of carbonyl (C=O) groups excluding carboxylic acids is 1. The fraction of sp³-hybridized carbons (Fsp3) is 0.812. The van der Waals surface area contributed by atoms with Crippen LogP contribution >= 0.6 is 12.2 Å². The Morgan fingerprint density at radius 2 is 1.83 bits per heavy atom. The summed E-state index contributed by atoms with van der Waals surface area (Å²) in [6.07, 6.45) is 1.81. The highest BCUT2D eigenvalue weighted by molar-refractivity contribution is 7.71. The summed E-state index contributed by atoms with van der Waals surface area (Å²) < 4.78 is 4.64. The summed E-state index contributed by atoms with van der Waals surface area (Å²) in [5.41, 5.74) is 0. The normalized spacial score (nSPS) is 16.9. The van der Waals surface area contributed by atoms with Gasteiger partial charge < -0.3 is 9.88 Å². The van der Waals surface area contributed by atoms with Gasteiger partial charge in [0.2, 0.25) is 5.91 Å². The van der Waals surface area contributed by atoms with E-state index in [0.717, 1.165) is 37.5 Å². The van der Waals surface area contributed by atoms with Gasteiger partial charge in [-0.3, -0.25) is 14.6 Å². The van der Waals surface area contributed by atoms with Crippen LogP contribution < -0.4 is 5.32 Å². The first kappa shape index (κ1) is 19.1. The molecule has 0 aromatic carbocycles. The molecule has 0 spiro atoms. The predicted octanol–water partition coefficient (Wildman–Crippen LogP) is 1.34. The molecule has 8 heteroatoms. The van der Waals surface area contributed by atoms with E-state index in [9.17, 15) is 4.79 Å². The van der Waals surface area contributed by atoms with Crippen LogP contribution in [0.15, 0.2) is 6.33 Å². The van der Waals surface area contributed by atoms with Crippen molar-refractivity contribution in [1.82, 2.24) is 29.5 Å². The molecular weight excluding hydrogens is 324 g/mol. The van der Waals surface area contributed by atoms with Crippen LogP contribution in [0.5, 0.6) is 0 Å². The molecule has 24 heavy (non-hydrogen) atoms. The van der Waals surface area contributed by atoms with Crippen LogP contribution in [0.4, 0.5) is 0 Å². The molecule has 0 radical (unpaired) electrons. The lowest BCUT2D eigenvalue weighted by molar-refractivity contribution is -0.122. The molecule has 136 valence electrons. The molecule has 0 atom stereocenters. The van der Waals surface area contributed by atoms with Crippen molar-refractivity contribution in [3.05, 3.63) is 11.1 Å². The van der Waals surface area contributed by atoms with Gasteiger partial charge in [-0.05, 0) is 32.0 Å². The zero-order valence-corrected chi connectivity index (χ0v) is 16.1. The van der Waals surface area contributed by atoms with Gasteiger partial charge in [0.05, 0.1) is 13.2 Å². The van der Waals surface area contributed by atoms with Gasteiger partial charge in [-0.15, -0.1) is 0 Å². The van der Waals surface area contributed by atoms with Crippen LogP contribution in [-0.2, 0) is 11.5 Å². The SMILES string of the molecule is CC(C)CNC(=O)CN1CCN(Cn2ncn(C(C)C)c2=S)CC1. The molecule has 7 nitrogen and oxygen atoms in total. The topological polar surface area (TPSA) is 58.3 Å². The third kappa shape index (κ3) is 5.39. The second-order valence-electron chi connectivity index (χ2n) is 7.15. The first-order valence-corrected chi connectivity index (χ1v) is 9.13. The highest BCUT2D eigenvalue weighted by Crippen LogP contribution is 2.07. The molecule has 2 heterocycles. The van der Waals surface area contributed by atoms with Gasteiger partial charge in [-0.2, -0.15) is 5.10 Å². The van der Waals surface area contributed by atoms with Crippen molar-refractivity contribution >= 4 is 18.1 Å². The van der Waals surface area contributed by atoms with E-state index in [1.165, 1.54) is 0 Å². The molecule has 0 saturated carbocycles. The van der Waals surface area contributed by atoms with Crippen molar-refractivity contribution in [1.29, 1.82) is 0 Å². The summed E-state index contributed by atoms with van der Waals surface area (Å²) in [5.74, 6) is 0.608. The maximum absolute atomic E-state index is 11.9. The minimum absolute atomic E-state index is 0.120. The molecule has 2 rings (SSSR count). The van der Waals surface area contributed by atoms with E-state index in [0.29, 0.717) is 25.2 Å². The van der Waals surface area contributed by atoms with Crippen molar-refractivity contribution in [2.75, 3.05) is 39.3 Å².